The Balaban J connectivity index is 1.49. The first-order valence-corrected chi connectivity index (χ1v) is 11.2. The molecule has 1 aromatic rings. The number of ether oxygens (including phenoxy) is 1. The van der Waals surface area contributed by atoms with Crippen LogP contribution in [0.15, 0.2) is 17.3 Å². The van der Waals surface area contributed by atoms with Crippen molar-refractivity contribution >= 4 is 11.9 Å². The van der Waals surface area contributed by atoms with Crippen molar-refractivity contribution in [3.05, 3.63) is 18.0 Å². The molecule has 0 aromatic carbocycles. The van der Waals surface area contributed by atoms with E-state index in [1.165, 1.54) is 25.7 Å². The molecule has 2 fully saturated rings. The van der Waals surface area contributed by atoms with Crippen LogP contribution in [0, 0.1) is 0 Å². The quantitative estimate of drug-likeness (QED) is 0.351. The molecule has 0 bridgehead atoms. The van der Waals surface area contributed by atoms with Crippen molar-refractivity contribution in [3.63, 3.8) is 0 Å². The van der Waals surface area contributed by atoms with Gasteiger partial charge < -0.3 is 20.3 Å². The van der Waals surface area contributed by atoms with Crippen LogP contribution in [0.5, 0.6) is 0 Å². The lowest BCUT2D eigenvalue weighted by molar-refractivity contribution is -0.127. The van der Waals surface area contributed by atoms with Gasteiger partial charge in [-0.25, -0.2) is 4.99 Å². The predicted octanol–water partition coefficient (Wildman–Crippen LogP) is 0.844. The number of nitrogens with one attached hydrogen (secondary N) is 2. The second kappa shape index (κ2) is 11.9. The van der Waals surface area contributed by atoms with E-state index in [0.717, 1.165) is 51.5 Å². The Morgan fingerprint density at radius 1 is 1.27 bits per heavy atom. The molecule has 0 radical (unpaired) electrons. The maximum Gasteiger partial charge on any atom is 0.241 e. The molecule has 0 spiro atoms. The predicted molar refractivity (Wildman–Crippen MR) is 117 cm³/mol. The Hall–Kier alpha value is -2.13. The molecule has 30 heavy (non-hydrogen) atoms. The summed E-state index contributed by atoms with van der Waals surface area (Å²) in [7, 11) is 3.51. The molecule has 1 amide bonds. The number of hydrogen-bond donors (Lipinski definition) is 2. The van der Waals surface area contributed by atoms with Gasteiger partial charge in [0.25, 0.3) is 0 Å². The summed E-state index contributed by atoms with van der Waals surface area (Å²) in [5.74, 6) is 0.672. The Labute approximate surface area is 179 Å². The Kier molecular flexibility index (Phi) is 8.95. The van der Waals surface area contributed by atoms with Crippen molar-refractivity contribution in [2.75, 3.05) is 60.0 Å². The Morgan fingerprint density at radius 2 is 2.03 bits per heavy atom. The Morgan fingerprint density at radius 3 is 2.77 bits per heavy atom. The van der Waals surface area contributed by atoms with Crippen molar-refractivity contribution in [1.82, 2.24) is 30.2 Å². The maximum atomic E-state index is 12.0. The van der Waals surface area contributed by atoms with Gasteiger partial charge in [-0.2, -0.15) is 5.10 Å². The fraction of sp³-hybridized carbons (Fsp3) is 0.762. The SMILES string of the molecule is CN(C)C(=O)CNC(=NCc1ccn(C2CCCC2)n1)NCCCN1CCOCC1. The van der Waals surface area contributed by atoms with Gasteiger partial charge in [0.15, 0.2) is 5.96 Å². The number of carbonyl (C=O) groups is 1. The zero-order valence-electron chi connectivity index (χ0n) is 18.5. The van der Waals surface area contributed by atoms with E-state index in [2.05, 4.69) is 31.4 Å². The van der Waals surface area contributed by atoms with E-state index in [1.54, 1.807) is 19.0 Å². The average molecular weight is 420 g/mol. The van der Waals surface area contributed by atoms with Crippen molar-refractivity contribution in [2.24, 2.45) is 4.99 Å². The van der Waals surface area contributed by atoms with E-state index >= 15 is 0 Å². The molecule has 1 saturated carbocycles. The number of aromatic nitrogens is 2. The van der Waals surface area contributed by atoms with Gasteiger partial charge in [-0.1, -0.05) is 12.8 Å². The van der Waals surface area contributed by atoms with Crippen LogP contribution in [0.2, 0.25) is 0 Å². The van der Waals surface area contributed by atoms with E-state index in [-0.39, 0.29) is 12.5 Å². The molecule has 2 N–H and O–H groups in total. The lowest BCUT2D eigenvalue weighted by Crippen LogP contribution is -2.44. The summed E-state index contributed by atoms with van der Waals surface area (Å²) in [6, 6.07) is 2.58. The maximum absolute atomic E-state index is 12.0. The third-order valence-corrected chi connectivity index (χ3v) is 5.71. The zero-order valence-corrected chi connectivity index (χ0v) is 18.5. The lowest BCUT2D eigenvalue weighted by Gasteiger charge is -2.26. The number of rotatable bonds is 9. The third kappa shape index (κ3) is 7.28. The summed E-state index contributed by atoms with van der Waals surface area (Å²) in [6.45, 7) is 6.19. The molecule has 2 aliphatic rings. The summed E-state index contributed by atoms with van der Waals surface area (Å²) < 4.78 is 7.49. The molecule has 168 valence electrons. The molecule has 9 heteroatoms. The Bertz CT molecular complexity index is 677. The molecule has 9 nitrogen and oxygen atoms in total. The first-order chi connectivity index (χ1) is 14.6. The number of aliphatic imine (C=N–C) groups is 1. The van der Waals surface area contributed by atoms with Crippen LogP contribution < -0.4 is 10.6 Å². The number of guanidine groups is 1. The first kappa shape index (κ1) is 22.6. The molecular formula is C21H37N7O2. The van der Waals surface area contributed by atoms with Gasteiger partial charge in [-0.05, 0) is 31.9 Å². The minimum absolute atomic E-state index is 0.0170. The van der Waals surface area contributed by atoms with Crippen LogP contribution in [-0.2, 0) is 16.1 Å². The summed E-state index contributed by atoms with van der Waals surface area (Å²) in [4.78, 5) is 20.6. The average Bonchev–Trinajstić information content (AvgIpc) is 3.44. The standard InChI is InChI=1S/C21H37N7O2/c1-26(2)20(29)17-24-21(22-9-5-10-27-12-14-30-15-13-27)23-16-18-8-11-28(25-18)19-6-3-4-7-19/h8,11,19H,3-7,9-10,12-17H2,1-2H3,(H2,22,23,24). The zero-order chi connectivity index (χ0) is 21.2. The van der Waals surface area contributed by atoms with Crippen LogP contribution >= 0.6 is 0 Å². The molecule has 3 rings (SSSR count). The second-order valence-corrected chi connectivity index (χ2v) is 8.27. The minimum Gasteiger partial charge on any atom is -0.379 e. The van der Waals surface area contributed by atoms with Gasteiger partial charge >= 0.3 is 0 Å². The largest absolute Gasteiger partial charge is 0.379 e. The van der Waals surface area contributed by atoms with Gasteiger partial charge in [0.2, 0.25) is 5.91 Å². The highest BCUT2D eigenvalue weighted by molar-refractivity contribution is 5.86. The highest BCUT2D eigenvalue weighted by Gasteiger charge is 2.17. The lowest BCUT2D eigenvalue weighted by atomic mass is 10.3. The van der Waals surface area contributed by atoms with Crippen LogP contribution in [0.25, 0.3) is 0 Å². The summed E-state index contributed by atoms with van der Waals surface area (Å²) in [5.41, 5.74) is 0.954. The molecule has 1 aliphatic heterocycles. The number of amides is 1. The summed E-state index contributed by atoms with van der Waals surface area (Å²) in [6.07, 6.45) is 8.10. The van der Waals surface area contributed by atoms with Crippen molar-refractivity contribution in [2.45, 2.75) is 44.7 Å². The highest BCUT2D eigenvalue weighted by atomic mass is 16.5. The van der Waals surface area contributed by atoms with Crippen molar-refractivity contribution < 1.29 is 9.53 Å². The fourth-order valence-corrected chi connectivity index (χ4v) is 3.82. The van der Waals surface area contributed by atoms with E-state index < -0.39 is 0 Å². The van der Waals surface area contributed by atoms with Gasteiger partial charge in [0, 0.05) is 39.9 Å². The molecule has 1 aromatic heterocycles. The molecular weight excluding hydrogens is 382 g/mol. The normalized spacial score (nSPS) is 18.5. The number of likely N-dealkylation sites (N-methyl/N-ethyl adjacent to an activating group) is 1. The van der Waals surface area contributed by atoms with E-state index in [1.807, 2.05) is 6.07 Å². The smallest absolute Gasteiger partial charge is 0.241 e. The van der Waals surface area contributed by atoms with Gasteiger partial charge in [-0.15, -0.1) is 0 Å². The molecule has 0 unspecified atom stereocenters. The number of carbonyl (C=O) groups excluding carboxylic acids is 1. The van der Waals surface area contributed by atoms with E-state index in [0.29, 0.717) is 18.5 Å². The molecule has 2 heterocycles. The first-order valence-electron chi connectivity index (χ1n) is 11.2. The van der Waals surface area contributed by atoms with Gasteiger partial charge in [0.05, 0.1) is 38.0 Å². The van der Waals surface area contributed by atoms with Crippen molar-refractivity contribution in [1.29, 1.82) is 0 Å². The molecule has 1 aliphatic carbocycles. The fourth-order valence-electron chi connectivity index (χ4n) is 3.82. The van der Waals surface area contributed by atoms with Crippen LogP contribution in [0.3, 0.4) is 0 Å². The second-order valence-electron chi connectivity index (χ2n) is 8.27. The minimum atomic E-state index is 0.0170. The van der Waals surface area contributed by atoms with Gasteiger partial charge in [0.1, 0.15) is 0 Å². The number of nitrogens with zero attached hydrogens (tertiary/aromatic N) is 5. The van der Waals surface area contributed by atoms with Crippen LogP contribution in [0.1, 0.15) is 43.8 Å². The molecule has 0 atom stereocenters. The van der Waals surface area contributed by atoms with Crippen LogP contribution in [-0.4, -0.2) is 91.5 Å². The summed E-state index contributed by atoms with van der Waals surface area (Å²) in [5, 5.41) is 11.2. The van der Waals surface area contributed by atoms with E-state index in [9.17, 15) is 4.79 Å². The summed E-state index contributed by atoms with van der Waals surface area (Å²) >= 11 is 0. The topological polar surface area (TPSA) is 87.0 Å². The third-order valence-electron chi connectivity index (χ3n) is 5.71. The molecule has 1 saturated heterocycles. The number of hydrogen-bond acceptors (Lipinski definition) is 5. The van der Waals surface area contributed by atoms with Gasteiger partial charge in [-0.3, -0.25) is 14.4 Å². The number of morpholine rings is 1. The van der Waals surface area contributed by atoms with Crippen molar-refractivity contribution in [3.8, 4) is 0 Å². The van der Waals surface area contributed by atoms with E-state index in [4.69, 9.17) is 9.84 Å². The van der Waals surface area contributed by atoms with Crippen LogP contribution in [0.4, 0.5) is 0 Å². The highest BCUT2D eigenvalue weighted by Crippen LogP contribution is 2.28. The monoisotopic (exact) mass is 419 g/mol.